The average molecular weight is 472 g/mol. The second kappa shape index (κ2) is 9.36. The van der Waals surface area contributed by atoms with Crippen molar-refractivity contribution in [3.8, 4) is 0 Å². The first-order valence-corrected chi connectivity index (χ1v) is 11.5. The van der Waals surface area contributed by atoms with Crippen molar-refractivity contribution >= 4 is 22.0 Å². The van der Waals surface area contributed by atoms with Crippen LogP contribution in [0.25, 0.3) is 6.08 Å². The van der Waals surface area contributed by atoms with Gasteiger partial charge in [0, 0.05) is 32.3 Å². The number of aryl methyl sites for hydroxylation is 1. The lowest BCUT2D eigenvalue weighted by Crippen LogP contribution is -2.50. The molecule has 1 fully saturated rings. The Morgan fingerprint density at radius 2 is 1.88 bits per heavy atom. The summed E-state index contributed by atoms with van der Waals surface area (Å²) in [6.07, 6.45) is -1.80. The summed E-state index contributed by atoms with van der Waals surface area (Å²) in [5.74, 6) is 0.0325. The van der Waals surface area contributed by atoms with E-state index in [0.29, 0.717) is 11.4 Å². The normalized spacial score (nSPS) is 16.1. The Hall–Kier alpha value is -2.80. The number of tetrazole rings is 1. The number of aromatic nitrogens is 4. The predicted octanol–water partition coefficient (Wildman–Crippen LogP) is 1.56. The molecule has 3 rings (SSSR count). The van der Waals surface area contributed by atoms with E-state index in [1.807, 2.05) is 0 Å². The van der Waals surface area contributed by atoms with Gasteiger partial charge in [0.2, 0.25) is 15.9 Å². The van der Waals surface area contributed by atoms with Crippen LogP contribution in [-0.2, 0) is 27.5 Å². The Bertz CT molecular complexity index is 1110. The monoisotopic (exact) mass is 472 g/mol. The van der Waals surface area contributed by atoms with Gasteiger partial charge < -0.3 is 4.90 Å². The zero-order valence-corrected chi connectivity index (χ0v) is 18.4. The molecule has 1 aromatic heterocycles. The van der Waals surface area contributed by atoms with Gasteiger partial charge in [-0.1, -0.05) is 6.07 Å². The minimum atomic E-state index is -4.52. The fourth-order valence-electron chi connectivity index (χ4n) is 3.26. The molecule has 1 aromatic carbocycles. The second-order valence-electron chi connectivity index (χ2n) is 7.24. The van der Waals surface area contributed by atoms with E-state index < -0.39 is 21.8 Å². The molecular formula is C19H23F3N6O3S. The van der Waals surface area contributed by atoms with Crippen molar-refractivity contribution in [1.29, 1.82) is 0 Å². The number of benzene rings is 1. The Kier molecular flexibility index (Phi) is 6.98. The highest BCUT2D eigenvalue weighted by Gasteiger charge is 2.31. The molecule has 0 N–H and O–H groups in total. The fourth-order valence-corrected chi connectivity index (χ4v) is 4.34. The van der Waals surface area contributed by atoms with E-state index in [4.69, 9.17) is 0 Å². The Morgan fingerprint density at radius 1 is 1.19 bits per heavy atom. The summed E-state index contributed by atoms with van der Waals surface area (Å²) in [6.45, 7) is 4.02. The maximum atomic E-state index is 13.2. The topological polar surface area (TPSA) is 101 Å². The molecule has 13 heteroatoms. The van der Waals surface area contributed by atoms with Crippen molar-refractivity contribution in [3.05, 3.63) is 46.8 Å². The number of rotatable bonds is 6. The van der Waals surface area contributed by atoms with Gasteiger partial charge in [-0.2, -0.15) is 22.3 Å². The molecule has 1 aliphatic heterocycles. The molecular weight excluding hydrogens is 449 g/mol. The highest BCUT2D eigenvalue weighted by Crippen LogP contribution is 2.31. The molecule has 174 valence electrons. The third kappa shape index (κ3) is 5.71. The highest BCUT2D eigenvalue weighted by atomic mass is 32.2. The molecule has 0 saturated carbocycles. The van der Waals surface area contributed by atoms with E-state index in [2.05, 4.69) is 15.4 Å². The van der Waals surface area contributed by atoms with Crippen LogP contribution in [-0.4, -0.2) is 75.7 Å². The first-order chi connectivity index (χ1) is 15.0. The van der Waals surface area contributed by atoms with Crippen molar-refractivity contribution in [2.24, 2.45) is 0 Å². The van der Waals surface area contributed by atoms with Crippen LogP contribution >= 0.6 is 0 Å². The number of halogens is 3. The molecule has 0 bridgehead atoms. The lowest BCUT2D eigenvalue weighted by Gasteiger charge is -2.33. The summed E-state index contributed by atoms with van der Waals surface area (Å²) in [6, 6.07) is 3.23. The highest BCUT2D eigenvalue weighted by molar-refractivity contribution is 7.89. The van der Waals surface area contributed by atoms with Crippen molar-refractivity contribution in [1.82, 2.24) is 29.4 Å². The maximum absolute atomic E-state index is 13.2. The fraction of sp³-hybridized carbons (Fsp3) is 0.474. The molecule has 1 aliphatic rings. The first-order valence-electron chi connectivity index (χ1n) is 9.89. The van der Waals surface area contributed by atoms with Crippen LogP contribution in [0.1, 0.15) is 29.4 Å². The number of hydrogen-bond acceptors (Lipinski definition) is 6. The second-order valence-corrected chi connectivity index (χ2v) is 9.49. The third-order valence-corrected chi connectivity index (χ3v) is 6.93. The van der Waals surface area contributed by atoms with E-state index in [1.165, 1.54) is 32.2 Å². The van der Waals surface area contributed by atoms with Crippen molar-refractivity contribution in [2.45, 2.75) is 26.6 Å². The molecule has 1 saturated heterocycles. The van der Waals surface area contributed by atoms with Crippen molar-refractivity contribution in [2.75, 3.05) is 31.9 Å². The number of sulfonamides is 1. The van der Waals surface area contributed by atoms with Gasteiger partial charge in [0.15, 0.2) is 5.82 Å². The third-order valence-electron chi connectivity index (χ3n) is 5.05. The number of carbonyl (C=O) groups excluding carboxylic acids is 1. The lowest BCUT2D eigenvalue weighted by atomic mass is 10.0. The predicted molar refractivity (Wildman–Crippen MR) is 110 cm³/mol. The Morgan fingerprint density at radius 3 is 2.44 bits per heavy atom. The maximum Gasteiger partial charge on any atom is 0.416 e. The van der Waals surface area contributed by atoms with Crippen molar-refractivity contribution in [3.63, 3.8) is 0 Å². The van der Waals surface area contributed by atoms with Gasteiger partial charge in [0.1, 0.15) is 0 Å². The molecule has 32 heavy (non-hydrogen) atoms. The van der Waals surface area contributed by atoms with Gasteiger partial charge in [-0.05, 0) is 48.4 Å². The molecule has 1 amide bonds. The summed E-state index contributed by atoms with van der Waals surface area (Å²) in [4.78, 5) is 15.2. The van der Waals surface area contributed by atoms with E-state index in [0.717, 1.165) is 12.1 Å². The van der Waals surface area contributed by atoms with E-state index in [1.54, 1.807) is 13.8 Å². The lowest BCUT2D eigenvalue weighted by molar-refractivity contribution is -0.137. The smallest absolute Gasteiger partial charge is 0.337 e. The van der Waals surface area contributed by atoms with Crippen LogP contribution in [0.5, 0.6) is 0 Å². The van der Waals surface area contributed by atoms with Crippen LogP contribution in [0.15, 0.2) is 24.3 Å². The van der Waals surface area contributed by atoms with Gasteiger partial charge in [0.25, 0.3) is 0 Å². The standard InChI is InChI=1S/C19H23F3N6O3S/c1-3-32(30,31)27-10-8-26(9-11-27)18(29)7-5-15-4-6-17(19(20,21)22)12-16(15)13-28-24-14(2)23-25-28/h4-7,12H,3,8-11,13H2,1-2H3. The van der Waals surface area contributed by atoms with Crippen LogP contribution in [0.4, 0.5) is 13.2 Å². The number of nitrogens with zero attached hydrogens (tertiary/aromatic N) is 6. The first kappa shape index (κ1) is 23.9. The summed E-state index contributed by atoms with van der Waals surface area (Å²) in [5, 5.41) is 11.5. The van der Waals surface area contributed by atoms with Gasteiger partial charge in [-0.15, -0.1) is 10.2 Å². The molecule has 0 atom stereocenters. The quantitative estimate of drug-likeness (QED) is 0.592. The van der Waals surface area contributed by atoms with Gasteiger partial charge >= 0.3 is 6.18 Å². The zero-order valence-electron chi connectivity index (χ0n) is 17.6. The van der Waals surface area contributed by atoms with Crippen LogP contribution in [0.2, 0.25) is 0 Å². The van der Waals surface area contributed by atoms with Crippen LogP contribution in [0.3, 0.4) is 0 Å². The summed E-state index contributed by atoms with van der Waals surface area (Å²) in [5.41, 5.74) is -0.130. The minimum Gasteiger partial charge on any atom is -0.337 e. The van der Waals surface area contributed by atoms with Crippen LogP contribution < -0.4 is 0 Å². The van der Waals surface area contributed by atoms with Crippen LogP contribution in [0, 0.1) is 6.92 Å². The molecule has 0 spiro atoms. The average Bonchev–Trinajstić information content (AvgIpc) is 3.16. The molecule has 0 unspecified atom stereocenters. The van der Waals surface area contributed by atoms with Crippen molar-refractivity contribution < 1.29 is 26.4 Å². The zero-order chi connectivity index (χ0) is 23.5. The number of hydrogen-bond donors (Lipinski definition) is 0. The molecule has 9 nitrogen and oxygen atoms in total. The summed E-state index contributed by atoms with van der Waals surface area (Å²) >= 11 is 0. The Balaban J connectivity index is 1.76. The molecule has 2 aromatic rings. The number of piperazine rings is 1. The number of carbonyl (C=O) groups is 1. The SMILES string of the molecule is CCS(=O)(=O)N1CCN(C(=O)C=Cc2ccc(C(F)(F)F)cc2Cn2nnc(C)n2)CC1. The van der Waals surface area contributed by atoms with Gasteiger partial charge in [-0.3, -0.25) is 4.79 Å². The number of amides is 1. The number of alkyl halides is 3. The molecule has 0 aliphatic carbocycles. The van der Waals surface area contributed by atoms with Gasteiger partial charge in [-0.25, -0.2) is 8.42 Å². The largest absolute Gasteiger partial charge is 0.416 e. The Labute approximate surface area is 183 Å². The van der Waals surface area contributed by atoms with E-state index >= 15 is 0 Å². The molecule has 0 radical (unpaired) electrons. The minimum absolute atomic E-state index is 0.00228. The van der Waals surface area contributed by atoms with E-state index in [9.17, 15) is 26.4 Å². The van der Waals surface area contributed by atoms with E-state index in [-0.39, 0.29) is 49.9 Å². The summed E-state index contributed by atoms with van der Waals surface area (Å²) in [7, 11) is -3.31. The summed E-state index contributed by atoms with van der Waals surface area (Å²) < 4.78 is 64.7. The molecule has 2 heterocycles. The van der Waals surface area contributed by atoms with Gasteiger partial charge in [0.05, 0.1) is 17.9 Å².